The van der Waals surface area contributed by atoms with Crippen molar-refractivity contribution in [3.63, 3.8) is 0 Å². The summed E-state index contributed by atoms with van der Waals surface area (Å²) in [5.41, 5.74) is 2.42. The first kappa shape index (κ1) is 14.3. The molecule has 0 fully saturated rings. The van der Waals surface area contributed by atoms with Gasteiger partial charge >= 0.3 is 5.97 Å². The zero-order valence-electron chi connectivity index (χ0n) is 11.3. The van der Waals surface area contributed by atoms with Gasteiger partial charge in [-0.2, -0.15) is 0 Å². The van der Waals surface area contributed by atoms with Gasteiger partial charge in [0, 0.05) is 17.6 Å². The van der Waals surface area contributed by atoms with Crippen LogP contribution in [-0.4, -0.2) is 11.0 Å². The quantitative estimate of drug-likeness (QED) is 0.797. The molecule has 0 bridgehead atoms. The lowest BCUT2D eigenvalue weighted by Crippen LogP contribution is -2.04. The fourth-order valence-corrected chi connectivity index (χ4v) is 1.91. The van der Waals surface area contributed by atoms with Crippen LogP contribution < -0.4 is 4.74 Å². The summed E-state index contributed by atoms with van der Waals surface area (Å²) in [5, 5.41) is 0.671. The topological polar surface area (TPSA) is 39.2 Å². The van der Waals surface area contributed by atoms with Crippen molar-refractivity contribution < 1.29 is 9.53 Å². The van der Waals surface area contributed by atoms with Gasteiger partial charge in [0.2, 0.25) is 0 Å². The fraction of sp³-hybridized carbons (Fsp3) is 0.125. The minimum absolute atomic E-state index is 0.368. The number of hydrogen-bond acceptors (Lipinski definition) is 3. The molecule has 1 aromatic carbocycles. The van der Waals surface area contributed by atoms with Crippen molar-refractivity contribution in [3.8, 4) is 5.75 Å². The van der Waals surface area contributed by atoms with Crippen molar-refractivity contribution in [2.45, 2.75) is 13.8 Å². The van der Waals surface area contributed by atoms with Gasteiger partial charge in [-0.1, -0.05) is 29.8 Å². The van der Waals surface area contributed by atoms with Gasteiger partial charge in [-0.3, -0.25) is 4.79 Å². The van der Waals surface area contributed by atoms with Gasteiger partial charge in [0.05, 0.1) is 0 Å². The lowest BCUT2D eigenvalue weighted by Gasteiger charge is -2.05. The van der Waals surface area contributed by atoms with E-state index in [-0.39, 0.29) is 5.97 Å². The minimum Gasteiger partial charge on any atom is -0.424 e. The molecule has 0 radical (unpaired) electrons. The molecule has 2 rings (SSSR count). The summed E-state index contributed by atoms with van der Waals surface area (Å²) in [6, 6.07) is 11.0. The Bertz CT molecular complexity index is 665. The molecule has 0 spiro atoms. The van der Waals surface area contributed by atoms with Crippen LogP contribution in [0.4, 0.5) is 0 Å². The van der Waals surface area contributed by atoms with Crippen LogP contribution in [0.15, 0.2) is 36.4 Å². The maximum absolute atomic E-state index is 11.1. The van der Waals surface area contributed by atoms with Gasteiger partial charge in [-0.25, -0.2) is 4.98 Å². The smallest absolute Gasteiger partial charge is 0.308 e. The molecule has 102 valence electrons. The second kappa shape index (κ2) is 6.35. The van der Waals surface area contributed by atoms with Crippen molar-refractivity contribution in [1.29, 1.82) is 0 Å². The molecule has 1 heterocycles. The number of aromatic nitrogens is 1. The molecule has 0 aliphatic rings. The zero-order chi connectivity index (χ0) is 14.5. The van der Waals surface area contributed by atoms with Crippen LogP contribution in [0.5, 0.6) is 5.75 Å². The maximum atomic E-state index is 11.1. The highest BCUT2D eigenvalue weighted by Crippen LogP contribution is 2.20. The highest BCUT2D eigenvalue weighted by atomic mass is 35.5. The number of esters is 1. The van der Waals surface area contributed by atoms with Gasteiger partial charge in [-0.15, -0.1) is 0 Å². The van der Waals surface area contributed by atoms with E-state index < -0.39 is 0 Å². The summed E-state index contributed by atoms with van der Waals surface area (Å²) in [5.74, 6) is 0.0782. The third-order valence-electron chi connectivity index (χ3n) is 2.56. The predicted octanol–water partition coefficient (Wildman–Crippen LogP) is 4.14. The van der Waals surface area contributed by atoms with Crippen LogP contribution in [0.1, 0.15) is 23.9 Å². The van der Waals surface area contributed by atoms with Crippen LogP contribution in [0, 0.1) is 6.92 Å². The van der Waals surface area contributed by atoms with Gasteiger partial charge in [0.1, 0.15) is 5.69 Å². The molecule has 0 amide bonds. The number of rotatable bonds is 3. The number of benzene rings is 1. The van der Waals surface area contributed by atoms with E-state index in [1.807, 2.05) is 37.3 Å². The third-order valence-corrected chi connectivity index (χ3v) is 2.80. The monoisotopic (exact) mass is 287 g/mol. The summed E-state index contributed by atoms with van der Waals surface area (Å²) < 4.78 is 5.13. The molecule has 0 saturated heterocycles. The fourth-order valence-electron chi connectivity index (χ4n) is 1.71. The first-order chi connectivity index (χ1) is 9.54. The largest absolute Gasteiger partial charge is 0.424 e. The molecule has 2 aromatic rings. The SMILES string of the molecule is CC(=O)Oc1ccc(C)nc1C=Cc1cccc(Cl)c1. The number of pyridine rings is 1. The van der Waals surface area contributed by atoms with Gasteiger partial charge in [0.15, 0.2) is 5.75 Å². The maximum Gasteiger partial charge on any atom is 0.308 e. The second-order valence-corrected chi connectivity index (χ2v) is 4.75. The van der Waals surface area contributed by atoms with Crippen LogP contribution in [0.25, 0.3) is 12.2 Å². The number of carbonyl (C=O) groups excluding carboxylic acids is 1. The number of carbonyl (C=O) groups is 1. The van der Waals surface area contributed by atoms with Crippen molar-refractivity contribution in [3.05, 3.63) is 58.4 Å². The van der Waals surface area contributed by atoms with Crippen molar-refractivity contribution in [2.24, 2.45) is 0 Å². The zero-order valence-corrected chi connectivity index (χ0v) is 12.0. The number of hydrogen-bond donors (Lipinski definition) is 0. The van der Waals surface area contributed by atoms with Gasteiger partial charge in [0.25, 0.3) is 0 Å². The predicted molar refractivity (Wildman–Crippen MR) is 80.7 cm³/mol. The Balaban J connectivity index is 2.32. The highest BCUT2D eigenvalue weighted by Gasteiger charge is 2.05. The number of aryl methyl sites for hydroxylation is 1. The Morgan fingerprint density at radius 1 is 1.25 bits per heavy atom. The number of ether oxygens (including phenoxy) is 1. The van der Waals surface area contributed by atoms with Gasteiger partial charge < -0.3 is 4.74 Å². The molecule has 3 nitrogen and oxygen atoms in total. The summed E-state index contributed by atoms with van der Waals surface area (Å²) in [7, 11) is 0. The van der Waals surface area contributed by atoms with Crippen LogP contribution in [0.2, 0.25) is 5.02 Å². The van der Waals surface area contributed by atoms with E-state index in [2.05, 4.69) is 4.98 Å². The normalized spacial score (nSPS) is 10.8. The molecule has 20 heavy (non-hydrogen) atoms. The molecule has 0 aliphatic carbocycles. The summed E-state index contributed by atoms with van der Waals surface area (Å²) >= 11 is 5.93. The Labute approximate surface area is 122 Å². The van der Waals surface area contributed by atoms with Crippen molar-refractivity contribution >= 4 is 29.7 Å². The lowest BCUT2D eigenvalue weighted by molar-refractivity contribution is -0.131. The highest BCUT2D eigenvalue weighted by molar-refractivity contribution is 6.30. The summed E-state index contributed by atoms with van der Waals surface area (Å²) in [6.45, 7) is 3.25. The third kappa shape index (κ3) is 3.93. The molecule has 0 saturated carbocycles. The van der Waals surface area contributed by atoms with E-state index in [9.17, 15) is 4.79 Å². The van der Waals surface area contributed by atoms with E-state index in [1.54, 1.807) is 18.2 Å². The Kier molecular flexibility index (Phi) is 4.53. The average Bonchev–Trinajstić information content (AvgIpc) is 2.39. The van der Waals surface area contributed by atoms with E-state index in [4.69, 9.17) is 16.3 Å². The first-order valence-corrected chi connectivity index (χ1v) is 6.52. The van der Waals surface area contributed by atoms with Crippen molar-refractivity contribution in [2.75, 3.05) is 0 Å². The number of halogens is 1. The molecule has 0 atom stereocenters. The van der Waals surface area contributed by atoms with E-state index in [1.165, 1.54) is 6.92 Å². The molecule has 4 heteroatoms. The minimum atomic E-state index is -0.368. The summed E-state index contributed by atoms with van der Waals surface area (Å²) in [4.78, 5) is 15.4. The molecule has 0 unspecified atom stereocenters. The van der Waals surface area contributed by atoms with Crippen LogP contribution >= 0.6 is 11.6 Å². The molecule has 0 aliphatic heterocycles. The Hall–Kier alpha value is -2.13. The van der Waals surface area contributed by atoms with Crippen molar-refractivity contribution in [1.82, 2.24) is 4.98 Å². The average molecular weight is 288 g/mol. The van der Waals surface area contributed by atoms with Gasteiger partial charge in [-0.05, 0) is 42.8 Å². The van der Waals surface area contributed by atoms with E-state index >= 15 is 0 Å². The van der Waals surface area contributed by atoms with Crippen LogP contribution in [-0.2, 0) is 4.79 Å². The first-order valence-electron chi connectivity index (χ1n) is 6.14. The van der Waals surface area contributed by atoms with E-state index in [0.717, 1.165) is 11.3 Å². The standard InChI is InChI=1S/C16H14ClNO2/c1-11-6-9-16(20-12(2)19)15(18-11)8-7-13-4-3-5-14(17)10-13/h3-10H,1-2H3. The van der Waals surface area contributed by atoms with Crippen LogP contribution in [0.3, 0.4) is 0 Å². The Morgan fingerprint density at radius 2 is 2.05 bits per heavy atom. The molecular weight excluding hydrogens is 274 g/mol. The lowest BCUT2D eigenvalue weighted by atomic mass is 10.2. The second-order valence-electron chi connectivity index (χ2n) is 4.32. The Morgan fingerprint density at radius 3 is 2.75 bits per heavy atom. The number of nitrogens with zero attached hydrogens (tertiary/aromatic N) is 1. The molecular formula is C16H14ClNO2. The summed E-state index contributed by atoms with van der Waals surface area (Å²) in [6.07, 6.45) is 3.68. The molecule has 1 aromatic heterocycles. The van der Waals surface area contributed by atoms with E-state index in [0.29, 0.717) is 16.5 Å². The molecule has 0 N–H and O–H groups in total.